The van der Waals surface area contributed by atoms with Crippen molar-refractivity contribution in [3.63, 3.8) is 0 Å². The lowest BCUT2D eigenvalue weighted by atomic mass is 10.1. The number of aromatic amines is 1. The van der Waals surface area contributed by atoms with E-state index in [4.69, 9.17) is 4.74 Å². The Morgan fingerprint density at radius 1 is 1.26 bits per heavy atom. The van der Waals surface area contributed by atoms with Crippen LogP contribution < -0.4 is 4.74 Å². The van der Waals surface area contributed by atoms with Crippen LogP contribution in [0.5, 0.6) is 5.75 Å². The van der Waals surface area contributed by atoms with Gasteiger partial charge in [-0.2, -0.15) is 5.10 Å². The second-order valence-corrected chi connectivity index (χ2v) is 5.45. The van der Waals surface area contributed by atoms with Crippen molar-refractivity contribution in [3.8, 4) is 5.75 Å². The van der Waals surface area contributed by atoms with Crippen LogP contribution in [0.15, 0.2) is 42.5 Å². The summed E-state index contributed by atoms with van der Waals surface area (Å²) in [6.45, 7) is 1.37. The van der Waals surface area contributed by atoms with E-state index in [-0.39, 0.29) is 11.7 Å². The van der Waals surface area contributed by atoms with Crippen molar-refractivity contribution in [2.24, 2.45) is 0 Å². The maximum Gasteiger partial charge on any atom is 0.275 e. The lowest BCUT2D eigenvalue weighted by molar-refractivity contribution is 0.0729. The molecule has 0 spiro atoms. The fourth-order valence-electron chi connectivity index (χ4n) is 2.80. The average Bonchev–Trinajstić information content (AvgIpc) is 2.84. The summed E-state index contributed by atoms with van der Waals surface area (Å²) in [4.78, 5) is 14.5. The zero-order chi connectivity index (χ0) is 15.8. The van der Waals surface area contributed by atoms with Crippen molar-refractivity contribution < 1.29 is 13.9 Å². The van der Waals surface area contributed by atoms with Gasteiger partial charge in [-0.15, -0.1) is 0 Å². The number of hydrogen-bond donors (Lipinski definition) is 1. The molecule has 0 fully saturated rings. The standard InChI is InChI=1S/C17H14FN3O2/c18-12-5-6-13-14(9-12)19-20-16(13)17(22)21-7-8-23-15-4-2-1-3-11(15)10-21/h1-6,9H,7-8,10H2,(H,19,20). The average molecular weight is 311 g/mol. The lowest BCUT2D eigenvalue weighted by Crippen LogP contribution is -2.32. The van der Waals surface area contributed by atoms with Gasteiger partial charge < -0.3 is 9.64 Å². The third-order valence-corrected chi connectivity index (χ3v) is 3.97. The minimum absolute atomic E-state index is 0.192. The smallest absolute Gasteiger partial charge is 0.275 e. The van der Waals surface area contributed by atoms with E-state index in [0.717, 1.165) is 11.3 Å². The van der Waals surface area contributed by atoms with Crippen LogP contribution in [-0.2, 0) is 6.54 Å². The van der Waals surface area contributed by atoms with Gasteiger partial charge in [0.15, 0.2) is 5.69 Å². The molecule has 1 amide bonds. The number of nitrogens with one attached hydrogen (secondary N) is 1. The molecule has 0 radical (unpaired) electrons. The number of carbonyl (C=O) groups excluding carboxylic acids is 1. The predicted octanol–water partition coefficient (Wildman–Crippen LogP) is 2.74. The highest BCUT2D eigenvalue weighted by Gasteiger charge is 2.24. The van der Waals surface area contributed by atoms with Crippen LogP contribution >= 0.6 is 0 Å². The number of ether oxygens (including phenoxy) is 1. The highest BCUT2D eigenvalue weighted by molar-refractivity contribution is 6.04. The van der Waals surface area contributed by atoms with Gasteiger partial charge in [-0.1, -0.05) is 18.2 Å². The number of carbonyl (C=O) groups is 1. The highest BCUT2D eigenvalue weighted by Crippen LogP contribution is 2.24. The van der Waals surface area contributed by atoms with Gasteiger partial charge in [0, 0.05) is 17.5 Å². The Hall–Kier alpha value is -2.89. The number of fused-ring (bicyclic) bond motifs is 2. The lowest BCUT2D eigenvalue weighted by Gasteiger charge is -2.18. The van der Waals surface area contributed by atoms with Gasteiger partial charge >= 0.3 is 0 Å². The second-order valence-electron chi connectivity index (χ2n) is 5.45. The number of H-pyrrole nitrogens is 1. The predicted molar refractivity (Wildman–Crippen MR) is 82.7 cm³/mol. The number of amides is 1. The SMILES string of the molecule is O=C(c1n[nH]c2cc(F)ccc12)N1CCOc2ccccc2C1. The van der Waals surface area contributed by atoms with E-state index in [0.29, 0.717) is 36.3 Å². The van der Waals surface area contributed by atoms with Gasteiger partial charge in [0.1, 0.15) is 18.2 Å². The van der Waals surface area contributed by atoms with Crippen LogP contribution in [-0.4, -0.2) is 34.2 Å². The molecule has 2 aromatic carbocycles. The first kappa shape index (κ1) is 13.8. The number of nitrogens with zero attached hydrogens (tertiary/aromatic N) is 2. The zero-order valence-electron chi connectivity index (χ0n) is 12.3. The third kappa shape index (κ3) is 2.42. The summed E-state index contributed by atoms with van der Waals surface area (Å²) in [7, 11) is 0. The van der Waals surface area contributed by atoms with E-state index < -0.39 is 0 Å². The summed E-state index contributed by atoms with van der Waals surface area (Å²) in [6, 6.07) is 11.9. The number of hydrogen-bond acceptors (Lipinski definition) is 3. The molecular weight excluding hydrogens is 297 g/mol. The molecule has 1 aliphatic rings. The van der Waals surface area contributed by atoms with E-state index >= 15 is 0 Å². The molecule has 0 aliphatic carbocycles. The van der Waals surface area contributed by atoms with E-state index in [2.05, 4.69) is 10.2 Å². The summed E-state index contributed by atoms with van der Waals surface area (Å²) >= 11 is 0. The Morgan fingerprint density at radius 3 is 3.04 bits per heavy atom. The van der Waals surface area contributed by atoms with Gasteiger partial charge in [-0.25, -0.2) is 4.39 Å². The first-order valence-corrected chi connectivity index (χ1v) is 7.36. The molecule has 3 aromatic rings. The van der Waals surface area contributed by atoms with Gasteiger partial charge in [0.05, 0.1) is 12.1 Å². The molecule has 23 heavy (non-hydrogen) atoms. The van der Waals surface area contributed by atoms with Crippen molar-refractivity contribution in [1.82, 2.24) is 15.1 Å². The molecule has 6 heteroatoms. The molecule has 1 aliphatic heterocycles. The van der Waals surface area contributed by atoms with Gasteiger partial charge in [-0.05, 0) is 24.3 Å². The number of rotatable bonds is 1. The Balaban J connectivity index is 1.68. The van der Waals surface area contributed by atoms with Crippen molar-refractivity contribution in [1.29, 1.82) is 0 Å². The van der Waals surface area contributed by atoms with E-state index in [1.54, 1.807) is 11.0 Å². The minimum atomic E-state index is -0.364. The van der Waals surface area contributed by atoms with Crippen molar-refractivity contribution >= 4 is 16.8 Å². The number of para-hydroxylation sites is 1. The maximum absolute atomic E-state index is 13.3. The summed E-state index contributed by atoms with van der Waals surface area (Å²) in [6.07, 6.45) is 0. The quantitative estimate of drug-likeness (QED) is 0.752. The van der Waals surface area contributed by atoms with Gasteiger partial charge in [0.2, 0.25) is 0 Å². The number of benzene rings is 2. The second kappa shape index (κ2) is 5.39. The monoisotopic (exact) mass is 311 g/mol. The van der Waals surface area contributed by atoms with E-state index in [1.165, 1.54) is 12.1 Å². The zero-order valence-corrected chi connectivity index (χ0v) is 12.3. The summed E-state index contributed by atoms with van der Waals surface area (Å²) in [5.41, 5.74) is 1.78. The van der Waals surface area contributed by atoms with Crippen LogP contribution in [0.4, 0.5) is 4.39 Å². The Labute approximate surface area is 131 Å². The fraction of sp³-hybridized carbons (Fsp3) is 0.176. The molecule has 0 bridgehead atoms. The van der Waals surface area contributed by atoms with Crippen LogP contribution in [0.25, 0.3) is 10.9 Å². The van der Waals surface area contributed by atoms with E-state index in [9.17, 15) is 9.18 Å². The molecular formula is C17H14FN3O2. The number of aromatic nitrogens is 2. The molecule has 5 nitrogen and oxygen atoms in total. The normalized spacial score (nSPS) is 14.2. The van der Waals surface area contributed by atoms with Crippen molar-refractivity contribution in [2.75, 3.05) is 13.2 Å². The highest BCUT2D eigenvalue weighted by atomic mass is 19.1. The Morgan fingerprint density at radius 2 is 2.13 bits per heavy atom. The minimum Gasteiger partial charge on any atom is -0.491 e. The topological polar surface area (TPSA) is 58.2 Å². The molecule has 1 aromatic heterocycles. The fourth-order valence-corrected chi connectivity index (χ4v) is 2.80. The van der Waals surface area contributed by atoms with Crippen LogP contribution in [0.3, 0.4) is 0 Å². The third-order valence-electron chi connectivity index (χ3n) is 3.97. The van der Waals surface area contributed by atoms with Crippen LogP contribution in [0.1, 0.15) is 16.1 Å². The van der Waals surface area contributed by atoms with Crippen LogP contribution in [0, 0.1) is 5.82 Å². The number of halogens is 1. The van der Waals surface area contributed by atoms with Gasteiger partial charge in [-0.3, -0.25) is 9.89 Å². The molecule has 0 atom stereocenters. The van der Waals surface area contributed by atoms with Crippen LogP contribution in [0.2, 0.25) is 0 Å². The van der Waals surface area contributed by atoms with Gasteiger partial charge in [0.25, 0.3) is 5.91 Å². The maximum atomic E-state index is 13.3. The summed E-state index contributed by atoms with van der Waals surface area (Å²) in [5, 5.41) is 7.41. The molecule has 0 saturated heterocycles. The van der Waals surface area contributed by atoms with E-state index in [1.807, 2.05) is 24.3 Å². The largest absolute Gasteiger partial charge is 0.491 e. The summed E-state index contributed by atoms with van der Waals surface area (Å²) < 4.78 is 18.9. The molecule has 0 saturated carbocycles. The molecule has 0 unspecified atom stereocenters. The molecule has 116 valence electrons. The first-order chi connectivity index (χ1) is 11.2. The molecule has 2 heterocycles. The Bertz CT molecular complexity index is 890. The first-order valence-electron chi connectivity index (χ1n) is 7.36. The van der Waals surface area contributed by atoms with Crippen molar-refractivity contribution in [2.45, 2.75) is 6.54 Å². The molecule has 4 rings (SSSR count). The Kier molecular flexibility index (Phi) is 3.22. The summed E-state index contributed by atoms with van der Waals surface area (Å²) in [5.74, 6) is 0.247. The molecule has 1 N–H and O–H groups in total. The van der Waals surface area contributed by atoms with Crippen molar-refractivity contribution in [3.05, 3.63) is 59.5 Å².